The third-order valence-electron chi connectivity index (χ3n) is 4.91. The highest BCUT2D eigenvalue weighted by Gasteiger charge is 2.34. The molecule has 0 saturated carbocycles. The molecule has 1 aliphatic heterocycles. The van der Waals surface area contributed by atoms with Crippen molar-refractivity contribution < 1.29 is 9.59 Å². The highest BCUT2D eigenvalue weighted by Crippen LogP contribution is 2.29. The highest BCUT2D eigenvalue weighted by molar-refractivity contribution is 7.18. The third-order valence-corrected chi connectivity index (χ3v) is 6.34. The summed E-state index contributed by atoms with van der Waals surface area (Å²) >= 11 is 13.3. The molecule has 4 rings (SSSR count). The number of hydrogen-bond acceptors (Lipinski definition) is 5. The third kappa shape index (κ3) is 4.98. The van der Waals surface area contributed by atoms with Crippen LogP contribution in [0.25, 0.3) is 10.6 Å². The van der Waals surface area contributed by atoms with Crippen LogP contribution in [-0.2, 0) is 4.79 Å². The molecule has 1 unspecified atom stereocenters. The number of benzene rings is 2. The lowest BCUT2D eigenvalue weighted by Crippen LogP contribution is -2.45. The van der Waals surface area contributed by atoms with E-state index in [9.17, 15) is 9.59 Å². The molecule has 0 bridgehead atoms. The van der Waals surface area contributed by atoms with Gasteiger partial charge in [0.15, 0.2) is 0 Å². The largest absolute Gasteiger partial charge is 0.322 e. The maximum Gasteiger partial charge on any atom is 0.322 e. The van der Waals surface area contributed by atoms with Crippen LogP contribution in [0, 0.1) is 6.92 Å². The van der Waals surface area contributed by atoms with Crippen LogP contribution in [0.4, 0.5) is 15.6 Å². The summed E-state index contributed by atoms with van der Waals surface area (Å²) in [5, 5.41) is 15.7. The van der Waals surface area contributed by atoms with Crippen LogP contribution in [0.2, 0.25) is 10.0 Å². The van der Waals surface area contributed by atoms with Gasteiger partial charge < -0.3 is 10.2 Å². The maximum absolute atomic E-state index is 12.9. The molecule has 0 radical (unpaired) electrons. The molecule has 2 aromatic carbocycles. The van der Waals surface area contributed by atoms with Crippen LogP contribution in [-0.4, -0.2) is 39.6 Å². The van der Waals surface area contributed by atoms with Crippen molar-refractivity contribution in [2.75, 3.05) is 17.2 Å². The first-order valence-corrected chi connectivity index (χ1v) is 11.2. The van der Waals surface area contributed by atoms with Crippen LogP contribution in [0.1, 0.15) is 18.4 Å². The lowest BCUT2D eigenvalue weighted by molar-refractivity contribution is -0.119. The number of likely N-dealkylation sites (tertiary alicyclic amines) is 1. The van der Waals surface area contributed by atoms with Crippen LogP contribution in [0.3, 0.4) is 0 Å². The van der Waals surface area contributed by atoms with Crippen LogP contribution < -0.4 is 10.6 Å². The molecule has 10 heteroatoms. The van der Waals surface area contributed by atoms with E-state index in [-0.39, 0.29) is 11.9 Å². The van der Waals surface area contributed by atoms with E-state index in [1.54, 1.807) is 18.2 Å². The van der Waals surface area contributed by atoms with E-state index < -0.39 is 6.04 Å². The van der Waals surface area contributed by atoms with E-state index in [4.69, 9.17) is 23.2 Å². The molecule has 1 aromatic heterocycles. The van der Waals surface area contributed by atoms with E-state index in [0.29, 0.717) is 33.8 Å². The number of rotatable bonds is 4. The van der Waals surface area contributed by atoms with E-state index in [2.05, 4.69) is 20.8 Å². The molecule has 0 aliphatic carbocycles. The maximum atomic E-state index is 12.9. The van der Waals surface area contributed by atoms with Gasteiger partial charge in [0.1, 0.15) is 11.0 Å². The molecule has 1 fully saturated rings. The molecule has 2 heterocycles. The fraction of sp³-hybridized carbons (Fsp3) is 0.238. The van der Waals surface area contributed by atoms with Crippen molar-refractivity contribution in [1.82, 2.24) is 15.1 Å². The molecule has 2 N–H and O–H groups in total. The Balaban J connectivity index is 1.43. The Hall–Kier alpha value is -2.68. The summed E-state index contributed by atoms with van der Waals surface area (Å²) in [6, 6.07) is 11.7. The van der Waals surface area contributed by atoms with Gasteiger partial charge in [-0.2, -0.15) is 0 Å². The Bertz CT molecular complexity index is 1140. The standard InChI is InChI=1S/C21H19Cl2N5O2S/c1-12-4-2-5-13(10-12)19-26-27-20(31-19)25-18(29)17-6-3-9-28(17)21(30)24-16-8-7-14(22)11-15(16)23/h2,4-5,7-8,10-11,17H,3,6,9H2,1H3,(H,24,30)(H,25,27,29). The first-order valence-electron chi connectivity index (χ1n) is 9.65. The van der Waals surface area contributed by atoms with Gasteiger partial charge >= 0.3 is 6.03 Å². The van der Waals surface area contributed by atoms with Gasteiger partial charge in [-0.15, -0.1) is 10.2 Å². The Labute approximate surface area is 193 Å². The number of nitrogens with one attached hydrogen (secondary N) is 2. The molecule has 1 saturated heterocycles. The number of hydrogen-bond donors (Lipinski definition) is 2. The molecule has 3 amide bonds. The Morgan fingerprint density at radius 3 is 2.74 bits per heavy atom. The Kier molecular flexibility index (Phi) is 6.41. The first kappa shape index (κ1) is 21.5. The summed E-state index contributed by atoms with van der Waals surface area (Å²) in [5.74, 6) is -0.290. The number of aromatic nitrogens is 2. The summed E-state index contributed by atoms with van der Waals surface area (Å²) in [4.78, 5) is 27.1. The van der Waals surface area contributed by atoms with Crippen molar-refractivity contribution in [2.45, 2.75) is 25.8 Å². The normalized spacial score (nSPS) is 15.7. The molecular formula is C21H19Cl2N5O2S. The number of halogens is 2. The molecular weight excluding hydrogens is 457 g/mol. The monoisotopic (exact) mass is 475 g/mol. The second-order valence-corrected chi connectivity index (χ2v) is 9.00. The average molecular weight is 476 g/mol. The molecule has 160 valence electrons. The van der Waals surface area contributed by atoms with Gasteiger partial charge in [0.05, 0.1) is 10.7 Å². The highest BCUT2D eigenvalue weighted by atomic mass is 35.5. The van der Waals surface area contributed by atoms with E-state index in [1.165, 1.54) is 16.2 Å². The van der Waals surface area contributed by atoms with Gasteiger partial charge in [0.25, 0.3) is 0 Å². The topological polar surface area (TPSA) is 87.2 Å². The van der Waals surface area contributed by atoms with Crippen LogP contribution in [0.15, 0.2) is 42.5 Å². The number of urea groups is 1. The number of carbonyl (C=O) groups is 2. The van der Waals surface area contributed by atoms with E-state index in [0.717, 1.165) is 22.6 Å². The molecule has 1 aliphatic rings. The number of aryl methyl sites for hydroxylation is 1. The summed E-state index contributed by atoms with van der Waals surface area (Å²) < 4.78 is 0. The molecule has 31 heavy (non-hydrogen) atoms. The smallest absolute Gasteiger partial charge is 0.312 e. The van der Waals surface area contributed by atoms with Crippen molar-refractivity contribution in [3.63, 3.8) is 0 Å². The van der Waals surface area contributed by atoms with Crippen LogP contribution >= 0.6 is 34.5 Å². The minimum atomic E-state index is -0.600. The van der Waals surface area contributed by atoms with Gasteiger partial charge in [0, 0.05) is 17.1 Å². The fourth-order valence-corrected chi connectivity index (χ4v) is 4.62. The Morgan fingerprint density at radius 2 is 1.97 bits per heavy atom. The minimum absolute atomic E-state index is 0.290. The van der Waals surface area contributed by atoms with Crippen molar-refractivity contribution in [3.05, 3.63) is 58.1 Å². The zero-order valence-electron chi connectivity index (χ0n) is 16.6. The van der Waals surface area contributed by atoms with Crippen molar-refractivity contribution in [1.29, 1.82) is 0 Å². The summed E-state index contributed by atoms with van der Waals surface area (Å²) in [5.41, 5.74) is 2.50. The second-order valence-electron chi connectivity index (χ2n) is 7.18. The van der Waals surface area contributed by atoms with Crippen molar-refractivity contribution >= 4 is 57.3 Å². The van der Waals surface area contributed by atoms with Gasteiger partial charge in [-0.3, -0.25) is 10.1 Å². The second kappa shape index (κ2) is 9.21. The SMILES string of the molecule is Cc1cccc(-c2nnc(NC(=O)C3CCCN3C(=O)Nc3ccc(Cl)cc3Cl)s2)c1. The molecule has 0 spiro atoms. The average Bonchev–Trinajstić information content (AvgIpc) is 3.40. The first-order chi connectivity index (χ1) is 14.9. The van der Waals surface area contributed by atoms with Gasteiger partial charge in [0.2, 0.25) is 11.0 Å². The van der Waals surface area contributed by atoms with Crippen molar-refractivity contribution in [2.24, 2.45) is 0 Å². The minimum Gasteiger partial charge on any atom is -0.312 e. The quantitative estimate of drug-likeness (QED) is 0.524. The predicted octanol–water partition coefficient (Wildman–Crippen LogP) is 5.46. The lowest BCUT2D eigenvalue weighted by Gasteiger charge is -2.24. The summed E-state index contributed by atoms with van der Waals surface area (Å²) in [6.07, 6.45) is 1.29. The number of nitrogens with zero attached hydrogens (tertiary/aromatic N) is 3. The van der Waals surface area contributed by atoms with Gasteiger partial charge in [-0.05, 0) is 44.0 Å². The molecule has 3 aromatic rings. The number of anilines is 2. The van der Waals surface area contributed by atoms with Gasteiger partial charge in [-0.25, -0.2) is 4.79 Å². The number of amides is 3. The molecule has 7 nitrogen and oxygen atoms in total. The number of carbonyl (C=O) groups excluding carboxylic acids is 2. The lowest BCUT2D eigenvalue weighted by atomic mass is 10.1. The zero-order chi connectivity index (χ0) is 22.0. The summed E-state index contributed by atoms with van der Waals surface area (Å²) in [6.45, 7) is 2.48. The van der Waals surface area contributed by atoms with Crippen LogP contribution in [0.5, 0.6) is 0 Å². The fourth-order valence-electron chi connectivity index (χ4n) is 3.42. The predicted molar refractivity (Wildman–Crippen MR) is 124 cm³/mol. The van der Waals surface area contributed by atoms with Gasteiger partial charge in [-0.1, -0.05) is 58.3 Å². The Morgan fingerprint density at radius 1 is 1.13 bits per heavy atom. The molecule has 1 atom stereocenters. The van der Waals surface area contributed by atoms with E-state index >= 15 is 0 Å². The van der Waals surface area contributed by atoms with E-state index in [1.807, 2.05) is 31.2 Å². The van der Waals surface area contributed by atoms with Crippen molar-refractivity contribution in [3.8, 4) is 10.6 Å². The zero-order valence-corrected chi connectivity index (χ0v) is 18.9. The summed E-state index contributed by atoms with van der Waals surface area (Å²) in [7, 11) is 0.